The number of benzene rings is 1. The van der Waals surface area contributed by atoms with E-state index in [1.807, 2.05) is 0 Å². The van der Waals surface area contributed by atoms with Crippen LogP contribution >= 0.6 is 11.6 Å². The molecule has 7 heteroatoms. The molecule has 0 aliphatic carbocycles. The van der Waals surface area contributed by atoms with Crippen molar-refractivity contribution in [3.8, 4) is 0 Å². The predicted molar refractivity (Wildman–Crippen MR) is 80.0 cm³/mol. The van der Waals surface area contributed by atoms with Crippen molar-refractivity contribution in [2.75, 3.05) is 6.54 Å². The molecule has 4 nitrogen and oxygen atoms in total. The lowest BCUT2D eigenvalue weighted by Gasteiger charge is -2.25. The molecule has 1 aliphatic rings. The van der Waals surface area contributed by atoms with Crippen molar-refractivity contribution in [2.24, 2.45) is 0 Å². The Morgan fingerprint density at radius 1 is 1.30 bits per heavy atom. The third-order valence-corrected chi connectivity index (χ3v) is 4.17. The lowest BCUT2D eigenvalue weighted by Crippen LogP contribution is -2.32. The minimum Gasteiger partial charge on any atom is -0.391 e. The van der Waals surface area contributed by atoms with Crippen molar-refractivity contribution in [1.29, 1.82) is 0 Å². The number of halogens is 3. The first-order valence-electron chi connectivity index (χ1n) is 7.01. The van der Waals surface area contributed by atoms with Gasteiger partial charge >= 0.3 is 0 Å². The zero-order valence-electron chi connectivity index (χ0n) is 11.9. The molecule has 1 saturated heterocycles. The van der Waals surface area contributed by atoms with Gasteiger partial charge in [0.05, 0.1) is 22.7 Å². The summed E-state index contributed by atoms with van der Waals surface area (Å²) in [5.41, 5.74) is 0.683. The molecule has 0 unspecified atom stereocenters. The Morgan fingerprint density at radius 2 is 2.09 bits per heavy atom. The summed E-state index contributed by atoms with van der Waals surface area (Å²) in [6.45, 7) is 0.0984. The van der Waals surface area contributed by atoms with Crippen LogP contribution < -0.4 is 0 Å². The smallest absolute Gasteiger partial charge is 0.256 e. The third-order valence-electron chi connectivity index (χ3n) is 3.87. The monoisotopic (exact) mass is 338 g/mol. The molecule has 0 spiro atoms. The van der Waals surface area contributed by atoms with Crippen molar-refractivity contribution in [3.05, 3.63) is 64.4 Å². The molecule has 2 atom stereocenters. The van der Waals surface area contributed by atoms with Crippen LogP contribution in [0.15, 0.2) is 36.7 Å². The second-order valence-corrected chi connectivity index (χ2v) is 5.80. The van der Waals surface area contributed by atoms with E-state index in [2.05, 4.69) is 4.98 Å². The van der Waals surface area contributed by atoms with E-state index in [0.717, 1.165) is 12.1 Å². The molecule has 1 fully saturated rings. The Kier molecular flexibility index (Phi) is 4.28. The van der Waals surface area contributed by atoms with Crippen LogP contribution in [-0.2, 0) is 0 Å². The molecule has 1 aromatic heterocycles. The van der Waals surface area contributed by atoms with E-state index in [-0.39, 0.29) is 29.5 Å². The Hall–Kier alpha value is -2.05. The SMILES string of the molecule is O=C(c1ccncc1Cl)N1C[C@@H](O)C[C@@H]1c1ccc(F)c(F)c1. The minimum absolute atomic E-state index is 0.0984. The molecule has 23 heavy (non-hydrogen) atoms. The summed E-state index contributed by atoms with van der Waals surface area (Å²) in [5, 5.41) is 10.1. The number of hydrogen-bond acceptors (Lipinski definition) is 3. The summed E-state index contributed by atoms with van der Waals surface area (Å²) in [6.07, 6.45) is 2.31. The van der Waals surface area contributed by atoms with Gasteiger partial charge in [-0.05, 0) is 30.2 Å². The highest BCUT2D eigenvalue weighted by molar-refractivity contribution is 6.33. The first-order chi connectivity index (χ1) is 11.0. The van der Waals surface area contributed by atoms with Crippen LogP contribution in [0.1, 0.15) is 28.4 Å². The molecule has 1 N–H and O–H groups in total. The maximum absolute atomic E-state index is 13.5. The predicted octanol–water partition coefficient (Wildman–Crippen LogP) is 2.96. The molecular weight excluding hydrogens is 326 g/mol. The molecule has 0 radical (unpaired) electrons. The topological polar surface area (TPSA) is 53.4 Å². The van der Waals surface area contributed by atoms with E-state index in [9.17, 15) is 18.7 Å². The first kappa shape index (κ1) is 15.8. The standard InChI is InChI=1S/C16H13ClF2N2O2/c17-12-7-20-4-3-11(12)16(23)21-8-10(22)6-15(21)9-1-2-13(18)14(19)5-9/h1-5,7,10,15,22H,6,8H2/t10-,15+/m0/s1. The number of aliphatic hydroxyl groups is 1. The Bertz CT molecular complexity index is 757. The second-order valence-electron chi connectivity index (χ2n) is 5.39. The zero-order chi connectivity index (χ0) is 16.6. The Morgan fingerprint density at radius 3 is 2.78 bits per heavy atom. The van der Waals surface area contributed by atoms with Crippen LogP contribution in [-0.4, -0.2) is 33.5 Å². The highest BCUT2D eigenvalue weighted by Gasteiger charge is 2.36. The van der Waals surface area contributed by atoms with Crippen LogP contribution in [0.2, 0.25) is 5.02 Å². The van der Waals surface area contributed by atoms with Crippen molar-refractivity contribution < 1.29 is 18.7 Å². The van der Waals surface area contributed by atoms with Gasteiger partial charge in [-0.2, -0.15) is 0 Å². The normalized spacial score (nSPS) is 20.8. The number of aromatic nitrogens is 1. The van der Waals surface area contributed by atoms with Gasteiger partial charge in [-0.3, -0.25) is 9.78 Å². The van der Waals surface area contributed by atoms with Gasteiger partial charge in [-0.15, -0.1) is 0 Å². The zero-order valence-corrected chi connectivity index (χ0v) is 12.7. The van der Waals surface area contributed by atoms with Gasteiger partial charge in [0.1, 0.15) is 0 Å². The van der Waals surface area contributed by atoms with Gasteiger partial charge in [-0.25, -0.2) is 8.78 Å². The molecule has 120 valence electrons. The van der Waals surface area contributed by atoms with Crippen LogP contribution in [0.3, 0.4) is 0 Å². The number of nitrogens with zero attached hydrogens (tertiary/aromatic N) is 2. The summed E-state index contributed by atoms with van der Waals surface area (Å²) < 4.78 is 26.6. The van der Waals surface area contributed by atoms with Gasteiger partial charge in [-0.1, -0.05) is 17.7 Å². The Labute approximate surface area is 136 Å². The molecule has 3 rings (SSSR count). The van der Waals surface area contributed by atoms with Crippen molar-refractivity contribution in [2.45, 2.75) is 18.6 Å². The second kappa shape index (κ2) is 6.22. The lowest BCUT2D eigenvalue weighted by atomic mass is 10.0. The molecule has 2 heterocycles. The molecular formula is C16H13ClF2N2O2. The van der Waals surface area contributed by atoms with Crippen molar-refractivity contribution in [3.63, 3.8) is 0 Å². The molecule has 0 bridgehead atoms. The van der Waals surface area contributed by atoms with Gasteiger partial charge in [0, 0.05) is 18.9 Å². The van der Waals surface area contributed by atoms with Gasteiger partial charge in [0.25, 0.3) is 5.91 Å². The number of likely N-dealkylation sites (tertiary alicyclic amines) is 1. The average molecular weight is 339 g/mol. The van der Waals surface area contributed by atoms with Gasteiger partial charge in [0.15, 0.2) is 11.6 Å². The minimum atomic E-state index is -0.988. The van der Waals surface area contributed by atoms with Crippen molar-refractivity contribution >= 4 is 17.5 Å². The number of β-amino-alcohol motifs (C(OH)–C–C–N with tert-alkyl or cyclic N) is 1. The largest absolute Gasteiger partial charge is 0.391 e. The fourth-order valence-corrected chi connectivity index (χ4v) is 2.98. The number of amides is 1. The van der Waals surface area contributed by atoms with E-state index in [4.69, 9.17) is 11.6 Å². The van der Waals surface area contributed by atoms with Crippen LogP contribution in [0.25, 0.3) is 0 Å². The lowest BCUT2D eigenvalue weighted by molar-refractivity contribution is 0.0715. The summed E-state index contributed by atoms with van der Waals surface area (Å²) in [5.74, 6) is -2.33. The van der Waals surface area contributed by atoms with Crippen LogP contribution in [0.4, 0.5) is 8.78 Å². The van der Waals surface area contributed by atoms with E-state index in [0.29, 0.717) is 5.56 Å². The number of pyridine rings is 1. The number of aliphatic hydroxyl groups excluding tert-OH is 1. The molecule has 0 saturated carbocycles. The quantitative estimate of drug-likeness (QED) is 0.916. The number of rotatable bonds is 2. The fourth-order valence-electron chi connectivity index (χ4n) is 2.78. The van der Waals surface area contributed by atoms with Crippen molar-refractivity contribution in [1.82, 2.24) is 9.88 Å². The highest BCUT2D eigenvalue weighted by Crippen LogP contribution is 2.34. The first-order valence-corrected chi connectivity index (χ1v) is 7.38. The fraction of sp³-hybridized carbons (Fsp3) is 0.250. The van der Waals surface area contributed by atoms with Gasteiger partial charge < -0.3 is 10.0 Å². The maximum atomic E-state index is 13.5. The summed E-state index contributed by atoms with van der Waals surface area (Å²) in [6, 6.07) is 4.41. The molecule has 1 aromatic carbocycles. The Balaban J connectivity index is 1.95. The number of carbonyl (C=O) groups is 1. The van der Waals surface area contributed by atoms with Crippen LogP contribution in [0.5, 0.6) is 0 Å². The summed E-state index contributed by atoms with van der Waals surface area (Å²) in [4.78, 5) is 17.9. The van der Waals surface area contributed by atoms with Crippen LogP contribution in [0, 0.1) is 11.6 Å². The molecule has 2 aromatic rings. The number of carbonyl (C=O) groups excluding carboxylic acids is 1. The molecule has 1 aliphatic heterocycles. The highest BCUT2D eigenvalue weighted by atomic mass is 35.5. The van der Waals surface area contributed by atoms with E-state index >= 15 is 0 Å². The van der Waals surface area contributed by atoms with E-state index in [1.165, 1.54) is 29.4 Å². The van der Waals surface area contributed by atoms with E-state index < -0.39 is 23.8 Å². The summed E-state index contributed by atoms with van der Waals surface area (Å²) >= 11 is 5.99. The van der Waals surface area contributed by atoms with Gasteiger partial charge in [0.2, 0.25) is 0 Å². The summed E-state index contributed by atoms with van der Waals surface area (Å²) in [7, 11) is 0. The average Bonchev–Trinajstić information content (AvgIpc) is 2.92. The third kappa shape index (κ3) is 3.04. The maximum Gasteiger partial charge on any atom is 0.256 e. The van der Waals surface area contributed by atoms with E-state index in [1.54, 1.807) is 0 Å². The molecule has 1 amide bonds. The number of hydrogen-bond donors (Lipinski definition) is 1.